The maximum absolute atomic E-state index is 11.9. The van der Waals surface area contributed by atoms with E-state index in [0.29, 0.717) is 36.0 Å². The van der Waals surface area contributed by atoms with Gasteiger partial charge in [-0.1, -0.05) is 39.5 Å². The Morgan fingerprint density at radius 3 is 2.38 bits per heavy atom. The van der Waals surface area contributed by atoms with Gasteiger partial charge in [0.05, 0.1) is 11.7 Å². The summed E-state index contributed by atoms with van der Waals surface area (Å²) in [7, 11) is 0. The maximum atomic E-state index is 11.9. The summed E-state index contributed by atoms with van der Waals surface area (Å²) in [4.78, 5) is 0. The van der Waals surface area contributed by atoms with Gasteiger partial charge in [0, 0.05) is 17.8 Å². The molecule has 4 heteroatoms. The molecule has 12 atom stereocenters. The summed E-state index contributed by atoms with van der Waals surface area (Å²) in [6.45, 7) is 8.84. The van der Waals surface area contributed by atoms with Crippen LogP contribution in [0.5, 0.6) is 0 Å². The van der Waals surface area contributed by atoms with Crippen LogP contribution < -0.4 is 0 Å². The highest BCUT2D eigenvalue weighted by Gasteiger charge is 2.78. The summed E-state index contributed by atoms with van der Waals surface area (Å²) in [5.74, 6) is 8.46. The first kappa shape index (κ1) is 20.3. The van der Waals surface area contributed by atoms with E-state index in [1.165, 1.54) is 0 Å². The SMILES string of the molecule is C[C@@H]1C2C3[C@@H]4C[C@@H]4[C@@](O)(C#CCO)[C@@]3(C)CCC2[C@@]2(C)CC[C@H](O)C[C@@]2(O)[C@@H]1C. The van der Waals surface area contributed by atoms with Crippen molar-refractivity contribution in [2.75, 3.05) is 6.61 Å². The Kier molecular flexibility index (Phi) is 4.20. The minimum absolute atomic E-state index is 0.125. The highest BCUT2D eigenvalue weighted by molar-refractivity contribution is 5.35. The Hall–Kier alpha value is -0.600. The first-order valence-electron chi connectivity index (χ1n) is 11.8. The van der Waals surface area contributed by atoms with Crippen LogP contribution in [-0.4, -0.2) is 44.3 Å². The molecular formula is C25H38O4. The zero-order valence-electron chi connectivity index (χ0n) is 18.4. The van der Waals surface area contributed by atoms with E-state index in [1.807, 2.05) is 0 Å². The van der Waals surface area contributed by atoms with Crippen LogP contribution in [0.3, 0.4) is 0 Å². The Bertz CT molecular complexity index is 771. The van der Waals surface area contributed by atoms with Gasteiger partial charge in [-0.2, -0.15) is 0 Å². The Labute approximate surface area is 175 Å². The average Bonchev–Trinajstić information content (AvgIpc) is 3.44. The predicted molar refractivity (Wildman–Crippen MR) is 110 cm³/mol. The molecule has 162 valence electrons. The minimum atomic E-state index is -0.990. The van der Waals surface area contributed by atoms with E-state index in [9.17, 15) is 20.4 Å². The Morgan fingerprint density at radius 2 is 1.69 bits per heavy atom. The van der Waals surface area contributed by atoms with Crippen LogP contribution in [0.2, 0.25) is 0 Å². The van der Waals surface area contributed by atoms with E-state index in [4.69, 9.17) is 0 Å². The van der Waals surface area contributed by atoms with Crippen molar-refractivity contribution in [3.8, 4) is 11.8 Å². The molecule has 5 fully saturated rings. The third-order valence-electron chi connectivity index (χ3n) is 11.2. The van der Waals surface area contributed by atoms with Crippen molar-refractivity contribution in [2.24, 2.45) is 52.3 Å². The first-order chi connectivity index (χ1) is 13.5. The normalized spacial score (nSPS) is 62.8. The molecule has 5 aliphatic rings. The van der Waals surface area contributed by atoms with Gasteiger partial charge in [-0.05, 0) is 73.0 Å². The molecule has 5 saturated carbocycles. The molecule has 5 rings (SSSR count). The van der Waals surface area contributed by atoms with Crippen LogP contribution in [-0.2, 0) is 0 Å². The second-order valence-corrected chi connectivity index (χ2v) is 11.8. The highest BCUT2D eigenvalue weighted by Crippen LogP contribution is 2.78. The summed E-state index contributed by atoms with van der Waals surface area (Å²) in [6.07, 6.45) is 4.74. The maximum Gasteiger partial charge on any atom is 0.134 e. The van der Waals surface area contributed by atoms with Crippen LogP contribution in [0.4, 0.5) is 0 Å². The van der Waals surface area contributed by atoms with E-state index < -0.39 is 17.3 Å². The molecule has 0 amide bonds. The van der Waals surface area contributed by atoms with Gasteiger partial charge in [0.25, 0.3) is 0 Å². The smallest absolute Gasteiger partial charge is 0.134 e. The molecule has 0 saturated heterocycles. The number of fused-ring (bicyclic) bond motifs is 7. The number of hydrogen-bond donors (Lipinski definition) is 4. The van der Waals surface area contributed by atoms with Gasteiger partial charge in [-0.15, -0.1) is 0 Å². The second-order valence-electron chi connectivity index (χ2n) is 11.8. The topological polar surface area (TPSA) is 80.9 Å². The van der Waals surface area contributed by atoms with E-state index >= 15 is 0 Å². The van der Waals surface area contributed by atoms with Gasteiger partial charge in [-0.25, -0.2) is 0 Å². The summed E-state index contributed by atoms with van der Waals surface area (Å²) < 4.78 is 0. The fourth-order valence-corrected chi connectivity index (χ4v) is 9.41. The van der Waals surface area contributed by atoms with Gasteiger partial charge in [0.2, 0.25) is 0 Å². The lowest BCUT2D eigenvalue weighted by atomic mass is 9.38. The summed E-state index contributed by atoms with van der Waals surface area (Å²) in [5, 5.41) is 43.3. The lowest BCUT2D eigenvalue weighted by Crippen LogP contribution is -2.69. The monoisotopic (exact) mass is 402 g/mol. The zero-order valence-corrected chi connectivity index (χ0v) is 18.4. The van der Waals surface area contributed by atoms with Crippen molar-refractivity contribution in [2.45, 2.75) is 83.5 Å². The molecule has 29 heavy (non-hydrogen) atoms. The molecule has 0 aliphatic heterocycles. The van der Waals surface area contributed by atoms with Crippen molar-refractivity contribution in [3.05, 3.63) is 0 Å². The molecule has 0 heterocycles. The quantitative estimate of drug-likeness (QED) is 0.470. The molecule has 0 spiro atoms. The van der Waals surface area contributed by atoms with Crippen LogP contribution in [0.1, 0.15) is 66.2 Å². The first-order valence-corrected chi connectivity index (χ1v) is 11.8. The molecule has 0 bridgehead atoms. The van der Waals surface area contributed by atoms with Crippen molar-refractivity contribution >= 4 is 0 Å². The summed E-state index contributed by atoms with van der Waals surface area (Å²) >= 11 is 0. The van der Waals surface area contributed by atoms with E-state index in [-0.39, 0.29) is 29.3 Å². The Morgan fingerprint density at radius 1 is 1.00 bits per heavy atom. The van der Waals surface area contributed by atoms with Gasteiger partial charge in [0.1, 0.15) is 12.2 Å². The zero-order chi connectivity index (χ0) is 21.0. The molecule has 4 N–H and O–H groups in total. The van der Waals surface area contributed by atoms with Gasteiger partial charge in [-0.3, -0.25) is 0 Å². The van der Waals surface area contributed by atoms with Gasteiger partial charge >= 0.3 is 0 Å². The third-order valence-corrected chi connectivity index (χ3v) is 11.2. The standard InChI is InChI=1S/C25H38O4/c1-14-15(2)25(29)13-16(27)6-9-22(25,3)18-7-10-23(4)21(20(14)18)17-12-19(17)24(23,28)8-5-11-26/h14-21,26-29H,6-7,9-13H2,1-4H3/t14-,15+,16-,17+,18?,19-,20?,21?,22+,23-,24-,25+/m0/s1. The number of aliphatic hydroxyl groups is 4. The lowest BCUT2D eigenvalue weighted by Gasteiger charge is -2.68. The van der Waals surface area contributed by atoms with Crippen LogP contribution in [0.15, 0.2) is 0 Å². The molecule has 5 aliphatic carbocycles. The molecule has 0 aromatic carbocycles. The highest BCUT2D eigenvalue weighted by atomic mass is 16.3. The minimum Gasteiger partial charge on any atom is -0.393 e. The second kappa shape index (κ2) is 6.00. The molecule has 4 nitrogen and oxygen atoms in total. The van der Waals surface area contributed by atoms with Crippen molar-refractivity contribution in [1.29, 1.82) is 0 Å². The van der Waals surface area contributed by atoms with Crippen molar-refractivity contribution < 1.29 is 20.4 Å². The van der Waals surface area contributed by atoms with E-state index in [2.05, 4.69) is 39.5 Å². The van der Waals surface area contributed by atoms with Crippen molar-refractivity contribution in [1.82, 2.24) is 0 Å². The summed E-state index contributed by atoms with van der Waals surface area (Å²) in [6, 6.07) is 0. The number of hydrogen-bond acceptors (Lipinski definition) is 4. The molecule has 0 radical (unpaired) electrons. The third kappa shape index (κ3) is 2.21. The van der Waals surface area contributed by atoms with Crippen LogP contribution in [0.25, 0.3) is 0 Å². The van der Waals surface area contributed by atoms with Gasteiger partial charge in [0.15, 0.2) is 0 Å². The Balaban J connectivity index is 1.58. The molecule has 0 aromatic heterocycles. The number of rotatable bonds is 0. The summed E-state index contributed by atoms with van der Waals surface area (Å²) in [5.41, 5.74) is -2.21. The van der Waals surface area contributed by atoms with Gasteiger partial charge < -0.3 is 20.4 Å². The van der Waals surface area contributed by atoms with E-state index in [0.717, 1.165) is 32.1 Å². The lowest BCUT2D eigenvalue weighted by molar-refractivity contribution is -0.267. The molecular weight excluding hydrogens is 364 g/mol. The van der Waals surface area contributed by atoms with E-state index in [1.54, 1.807) is 0 Å². The fraction of sp³-hybridized carbons (Fsp3) is 0.920. The molecule has 0 aromatic rings. The average molecular weight is 403 g/mol. The largest absolute Gasteiger partial charge is 0.393 e. The van der Waals surface area contributed by atoms with Crippen LogP contribution >= 0.6 is 0 Å². The van der Waals surface area contributed by atoms with Crippen molar-refractivity contribution in [3.63, 3.8) is 0 Å². The predicted octanol–water partition coefficient (Wildman–Crippen LogP) is 2.58. The molecule has 3 unspecified atom stereocenters. The fourth-order valence-electron chi connectivity index (χ4n) is 9.41. The van der Waals surface area contributed by atoms with Crippen LogP contribution in [0, 0.1) is 64.1 Å². The number of aliphatic hydroxyl groups excluding tert-OH is 2.